The van der Waals surface area contributed by atoms with Crippen molar-refractivity contribution in [2.24, 2.45) is 10.8 Å². The molecule has 0 amide bonds. The molecule has 0 saturated carbocycles. The zero-order chi connectivity index (χ0) is 16.8. The van der Waals surface area contributed by atoms with Gasteiger partial charge in [0, 0.05) is 26.2 Å². The lowest BCUT2D eigenvalue weighted by Crippen LogP contribution is -2.45. The third-order valence-corrected chi connectivity index (χ3v) is 4.14. The average Bonchev–Trinajstić information content (AvgIpc) is 2.67. The number of hydrazone groups is 1. The quantitative estimate of drug-likeness (QED) is 0.312. The third kappa shape index (κ3) is 4.28. The van der Waals surface area contributed by atoms with Gasteiger partial charge in [0.25, 0.3) is 0 Å². The lowest BCUT2D eigenvalue weighted by molar-refractivity contribution is 0.0677. The molecule has 1 aromatic rings. The first-order valence-corrected chi connectivity index (χ1v) is 8.26. The molecule has 10 heteroatoms. The highest BCUT2D eigenvalue weighted by molar-refractivity contribution is 7.80. The second kappa shape index (κ2) is 8.18. The summed E-state index contributed by atoms with van der Waals surface area (Å²) >= 11 is 5.31. The van der Waals surface area contributed by atoms with Gasteiger partial charge in [0.2, 0.25) is 0 Å². The summed E-state index contributed by atoms with van der Waals surface area (Å²) in [5.74, 6) is 1.01. The van der Waals surface area contributed by atoms with E-state index in [2.05, 4.69) is 25.4 Å². The Hall–Kier alpha value is -2.04. The minimum absolute atomic E-state index is 0.244. The fourth-order valence-electron chi connectivity index (χ4n) is 2.43. The van der Waals surface area contributed by atoms with Crippen LogP contribution in [0, 0.1) is 0 Å². The van der Waals surface area contributed by atoms with Crippen molar-refractivity contribution in [1.82, 2.24) is 20.3 Å². The largest absolute Gasteiger partial charge is 0.380 e. The summed E-state index contributed by atoms with van der Waals surface area (Å²) in [6, 6.07) is 0. The van der Waals surface area contributed by atoms with Crippen LogP contribution in [0.3, 0.4) is 0 Å². The van der Waals surface area contributed by atoms with Gasteiger partial charge < -0.3 is 25.0 Å². The number of thiocarbonyl (C=S) groups is 1. The first-order valence-electron chi connectivity index (χ1n) is 7.85. The molecule has 2 fully saturated rings. The molecular formula is C14H21N7O2S. The van der Waals surface area contributed by atoms with E-state index in [1.165, 1.54) is 0 Å². The number of nitrogens with two attached hydrogens (primary N) is 1. The Labute approximate surface area is 145 Å². The first kappa shape index (κ1) is 16.8. The minimum Gasteiger partial charge on any atom is -0.380 e. The third-order valence-electron chi connectivity index (χ3n) is 3.79. The number of hydrogen-bond acceptors (Lipinski definition) is 7. The van der Waals surface area contributed by atoms with Crippen LogP contribution in [0.25, 0.3) is 0 Å². The molecule has 0 radical (unpaired) electrons. The summed E-state index contributed by atoms with van der Waals surface area (Å²) in [5, 5.41) is 4.66. The normalized spacial score (nSPS) is 19.2. The molecule has 3 N–H and O–H groups in total. The molecule has 3 heterocycles. The summed E-state index contributed by atoms with van der Waals surface area (Å²) in [5.41, 5.74) is 9.33. The number of nitrogens with one attached hydrogen (secondary N) is 1. The maximum absolute atomic E-state index is 6.01. The van der Waals surface area contributed by atoms with Gasteiger partial charge in [-0.05, 0) is 12.2 Å². The molecule has 0 spiro atoms. The lowest BCUT2D eigenvalue weighted by Gasteiger charge is -2.28. The standard InChI is InChI=1S/C14H21N7O2S/c15-13(18-19-14(24)21-3-7-23-8-4-21)11-9-16-10-12(17-11)20-1-5-22-6-2-20/h9-10H,1-8H2,(H2,15,18)(H,19,24). The zero-order valence-corrected chi connectivity index (χ0v) is 14.2. The summed E-state index contributed by atoms with van der Waals surface area (Å²) in [7, 11) is 0. The van der Waals surface area contributed by atoms with E-state index in [-0.39, 0.29) is 5.84 Å². The molecule has 130 valence electrons. The number of anilines is 1. The van der Waals surface area contributed by atoms with Crippen LogP contribution in [0.15, 0.2) is 17.5 Å². The predicted octanol–water partition coefficient (Wildman–Crippen LogP) is -0.860. The molecule has 2 saturated heterocycles. The highest BCUT2D eigenvalue weighted by Crippen LogP contribution is 2.11. The van der Waals surface area contributed by atoms with Crippen molar-refractivity contribution >= 4 is 29.0 Å². The van der Waals surface area contributed by atoms with Gasteiger partial charge in [0.05, 0.1) is 38.8 Å². The highest BCUT2D eigenvalue weighted by atomic mass is 32.1. The molecule has 2 aliphatic rings. The average molecular weight is 351 g/mol. The van der Waals surface area contributed by atoms with E-state index in [0.29, 0.717) is 37.2 Å². The van der Waals surface area contributed by atoms with Crippen molar-refractivity contribution in [2.45, 2.75) is 0 Å². The van der Waals surface area contributed by atoms with Gasteiger partial charge in [-0.3, -0.25) is 10.4 Å². The van der Waals surface area contributed by atoms with Gasteiger partial charge in [0.1, 0.15) is 11.5 Å². The van der Waals surface area contributed by atoms with Crippen molar-refractivity contribution in [3.63, 3.8) is 0 Å². The van der Waals surface area contributed by atoms with Gasteiger partial charge in [-0.25, -0.2) is 4.98 Å². The highest BCUT2D eigenvalue weighted by Gasteiger charge is 2.15. The predicted molar refractivity (Wildman–Crippen MR) is 93.9 cm³/mol. The second-order valence-corrected chi connectivity index (χ2v) is 5.76. The minimum atomic E-state index is 0.244. The fourth-order valence-corrected chi connectivity index (χ4v) is 2.65. The van der Waals surface area contributed by atoms with E-state index in [1.54, 1.807) is 12.4 Å². The Morgan fingerprint density at radius 2 is 1.79 bits per heavy atom. The SMILES string of the molecule is NC(=NNC(=S)N1CCOCC1)c1cncc(N2CCOCC2)n1. The molecule has 0 aromatic carbocycles. The van der Waals surface area contributed by atoms with E-state index >= 15 is 0 Å². The number of amidine groups is 1. The lowest BCUT2D eigenvalue weighted by atomic mass is 10.4. The molecular weight excluding hydrogens is 330 g/mol. The smallest absolute Gasteiger partial charge is 0.189 e. The van der Waals surface area contributed by atoms with E-state index in [0.717, 1.165) is 32.0 Å². The number of nitrogens with zero attached hydrogens (tertiary/aromatic N) is 5. The number of aromatic nitrogens is 2. The van der Waals surface area contributed by atoms with Crippen molar-refractivity contribution in [3.05, 3.63) is 18.1 Å². The van der Waals surface area contributed by atoms with Crippen molar-refractivity contribution in [1.29, 1.82) is 0 Å². The van der Waals surface area contributed by atoms with Crippen molar-refractivity contribution in [2.75, 3.05) is 57.5 Å². The van der Waals surface area contributed by atoms with Crippen LogP contribution < -0.4 is 16.1 Å². The molecule has 0 atom stereocenters. The van der Waals surface area contributed by atoms with Gasteiger partial charge >= 0.3 is 0 Å². The summed E-state index contributed by atoms with van der Waals surface area (Å²) < 4.78 is 10.6. The van der Waals surface area contributed by atoms with Crippen molar-refractivity contribution < 1.29 is 9.47 Å². The Morgan fingerprint density at radius 3 is 2.50 bits per heavy atom. The molecule has 24 heavy (non-hydrogen) atoms. The Morgan fingerprint density at radius 1 is 1.12 bits per heavy atom. The van der Waals surface area contributed by atoms with Crippen LogP contribution in [0.2, 0.25) is 0 Å². The molecule has 0 unspecified atom stereocenters. The van der Waals surface area contributed by atoms with Crippen LogP contribution in [0.4, 0.5) is 5.82 Å². The maximum atomic E-state index is 6.01. The maximum Gasteiger partial charge on any atom is 0.189 e. The molecule has 2 aliphatic heterocycles. The van der Waals surface area contributed by atoms with Crippen LogP contribution in [-0.4, -0.2) is 78.4 Å². The molecule has 3 rings (SSSR count). The summed E-state index contributed by atoms with van der Waals surface area (Å²) in [6.45, 7) is 5.75. The molecule has 1 aromatic heterocycles. The number of morpholine rings is 2. The van der Waals surface area contributed by atoms with Crippen LogP contribution in [0.5, 0.6) is 0 Å². The van der Waals surface area contributed by atoms with E-state index in [9.17, 15) is 0 Å². The molecule has 0 aliphatic carbocycles. The van der Waals surface area contributed by atoms with E-state index in [1.807, 2.05) is 4.90 Å². The molecule has 9 nitrogen and oxygen atoms in total. The Kier molecular flexibility index (Phi) is 5.72. The van der Waals surface area contributed by atoms with Crippen LogP contribution in [0.1, 0.15) is 5.69 Å². The Balaban J connectivity index is 1.63. The van der Waals surface area contributed by atoms with Crippen LogP contribution >= 0.6 is 12.2 Å². The number of hydrogen-bond donors (Lipinski definition) is 2. The second-order valence-electron chi connectivity index (χ2n) is 5.38. The number of rotatable bonds is 3. The van der Waals surface area contributed by atoms with Crippen molar-refractivity contribution in [3.8, 4) is 0 Å². The van der Waals surface area contributed by atoms with Gasteiger partial charge in [0.15, 0.2) is 10.9 Å². The zero-order valence-electron chi connectivity index (χ0n) is 13.3. The summed E-state index contributed by atoms with van der Waals surface area (Å²) in [6.07, 6.45) is 3.30. The van der Waals surface area contributed by atoms with E-state index < -0.39 is 0 Å². The van der Waals surface area contributed by atoms with E-state index in [4.69, 9.17) is 27.4 Å². The van der Waals surface area contributed by atoms with Gasteiger partial charge in [-0.2, -0.15) is 5.10 Å². The monoisotopic (exact) mass is 351 g/mol. The summed E-state index contributed by atoms with van der Waals surface area (Å²) in [4.78, 5) is 12.8. The topological polar surface area (TPSA) is 101 Å². The number of ether oxygens (including phenoxy) is 2. The molecule has 0 bridgehead atoms. The fraction of sp³-hybridized carbons (Fsp3) is 0.571. The first-order chi connectivity index (χ1) is 11.7. The Bertz CT molecular complexity index is 601. The van der Waals surface area contributed by atoms with Gasteiger partial charge in [-0.15, -0.1) is 0 Å². The van der Waals surface area contributed by atoms with Crippen LogP contribution in [-0.2, 0) is 9.47 Å². The van der Waals surface area contributed by atoms with Gasteiger partial charge in [-0.1, -0.05) is 0 Å².